The number of ether oxygens (including phenoxy) is 2. The summed E-state index contributed by atoms with van der Waals surface area (Å²) in [4.78, 5) is 4.38. The van der Waals surface area contributed by atoms with Gasteiger partial charge in [-0.2, -0.15) is 0 Å². The topological polar surface area (TPSA) is 43.4 Å². The number of rotatable bonds is 2. The van der Waals surface area contributed by atoms with E-state index >= 15 is 0 Å². The summed E-state index contributed by atoms with van der Waals surface area (Å²) in [6.45, 7) is 4.33. The van der Waals surface area contributed by atoms with E-state index < -0.39 is 0 Å². The van der Waals surface area contributed by atoms with Crippen LogP contribution in [0.5, 0.6) is 11.5 Å². The molecule has 1 aromatic carbocycles. The number of nitrogens with one attached hydrogen (secondary N) is 1. The fourth-order valence-electron chi connectivity index (χ4n) is 1.98. The zero-order valence-corrected chi connectivity index (χ0v) is 12.2. The van der Waals surface area contributed by atoms with Gasteiger partial charge in [0.15, 0.2) is 11.5 Å². The van der Waals surface area contributed by atoms with Crippen molar-refractivity contribution in [2.45, 2.75) is 13.8 Å². The molecule has 4 nitrogen and oxygen atoms in total. The Kier molecular flexibility index (Phi) is 3.06. The van der Waals surface area contributed by atoms with Crippen molar-refractivity contribution < 1.29 is 9.47 Å². The lowest BCUT2D eigenvalue weighted by molar-refractivity contribution is 0.174. The molecule has 0 bridgehead atoms. The summed E-state index contributed by atoms with van der Waals surface area (Å²) in [7, 11) is 0. The van der Waals surface area contributed by atoms with E-state index in [9.17, 15) is 0 Å². The molecule has 1 N–H and O–H groups in total. The zero-order valence-electron chi connectivity index (χ0n) is 10.7. The van der Waals surface area contributed by atoms with E-state index in [1.807, 2.05) is 32.0 Å². The van der Waals surface area contributed by atoms with E-state index in [-0.39, 0.29) is 6.79 Å². The van der Waals surface area contributed by atoms with Crippen LogP contribution in [0.3, 0.4) is 0 Å². The quantitative estimate of drug-likeness (QED) is 0.910. The number of hydrogen-bond acceptors (Lipinski definition) is 4. The van der Waals surface area contributed by atoms with Gasteiger partial charge in [-0.05, 0) is 53.0 Å². The van der Waals surface area contributed by atoms with Gasteiger partial charge in [-0.25, -0.2) is 4.98 Å². The van der Waals surface area contributed by atoms with E-state index in [4.69, 9.17) is 9.47 Å². The largest absolute Gasteiger partial charge is 0.454 e. The van der Waals surface area contributed by atoms with Crippen LogP contribution in [-0.4, -0.2) is 11.8 Å². The molecule has 5 heteroatoms. The number of halogens is 1. The molecule has 1 aromatic heterocycles. The highest BCUT2D eigenvalue weighted by Gasteiger charge is 2.16. The van der Waals surface area contributed by atoms with Crippen molar-refractivity contribution >= 4 is 27.4 Å². The fraction of sp³-hybridized carbons (Fsp3) is 0.214. The van der Waals surface area contributed by atoms with E-state index in [2.05, 4.69) is 26.2 Å². The maximum absolute atomic E-state index is 5.39. The number of fused-ring (bicyclic) bond motifs is 1. The van der Waals surface area contributed by atoms with Crippen LogP contribution < -0.4 is 14.8 Å². The molecule has 19 heavy (non-hydrogen) atoms. The molecule has 0 radical (unpaired) electrons. The van der Waals surface area contributed by atoms with Gasteiger partial charge in [0.2, 0.25) is 6.79 Å². The highest BCUT2D eigenvalue weighted by Crippen LogP contribution is 2.37. The van der Waals surface area contributed by atoms with Crippen molar-refractivity contribution in [2.24, 2.45) is 0 Å². The first-order valence-electron chi connectivity index (χ1n) is 5.93. The molecule has 98 valence electrons. The van der Waals surface area contributed by atoms with Crippen LogP contribution in [0, 0.1) is 13.8 Å². The Labute approximate surface area is 119 Å². The lowest BCUT2D eigenvalue weighted by Crippen LogP contribution is -1.98. The number of pyridine rings is 1. The molecule has 0 amide bonds. The first-order chi connectivity index (χ1) is 9.13. The van der Waals surface area contributed by atoms with Crippen LogP contribution in [0.4, 0.5) is 11.5 Å². The molecule has 1 aliphatic rings. The van der Waals surface area contributed by atoms with Crippen molar-refractivity contribution in [2.75, 3.05) is 12.1 Å². The van der Waals surface area contributed by atoms with Crippen LogP contribution >= 0.6 is 15.9 Å². The van der Waals surface area contributed by atoms with Gasteiger partial charge in [0.25, 0.3) is 0 Å². The summed E-state index contributed by atoms with van der Waals surface area (Å²) < 4.78 is 11.7. The van der Waals surface area contributed by atoms with Gasteiger partial charge in [0.05, 0.1) is 0 Å². The Balaban J connectivity index is 1.95. The van der Waals surface area contributed by atoms with E-state index in [1.165, 1.54) is 0 Å². The van der Waals surface area contributed by atoms with Gasteiger partial charge in [-0.15, -0.1) is 0 Å². The Morgan fingerprint density at radius 1 is 1.11 bits per heavy atom. The van der Waals surface area contributed by atoms with Crippen LogP contribution in [0.1, 0.15) is 11.1 Å². The zero-order chi connectivity index (χ0) is 13.4. The number of nitrogens with zero attached hydrogens (tertiary/aromatic N) is 1. The highest BCUT2D eigenvalue weighted by molar-refractivity contribution is 9.10. The Bertz CT molecular complexity index is 644. The molecule has 0 aliphatic carbocycles. The third kappa shape index (κ3) is 2.38. The second-order valence-electron chi connectivity index (χ2n) is 4.46. The predicted molar refractivity (Wildman–Crippen MR) is 77.3 cm³/mol. The average molecular weight is 321 g/mol. The van der Waals surface area contributed by atoms with E-state index in [0.29, 0.717) is 0 Å². The molecule has 3 rings (SSSR count). The number of benzene rings is 1. The van der Waals surface area contributed by atoms with Gasteiger partial charge in [-0.1, -0.05) is 0 Å². The van der Waals surface area contributed by atoms with Crippen molar-refractivity contribution in [3.05, 3.63) is 40.0 Å². The first-order valence-corrected chi connectivity index (χ1v) is 6.72. The second kappa shape index (κ2) is 4.74. The van der Waals surface area contributed by atoms with E-state index in [0.717, 1.165) is 38.6 Å². The molecule has 0 saturated heterocycles. The number of anilines is 2. The molecule has 0 unspecified atom stereocenters. The molecule has 0 spiro atoms. The maximum atomic E-state index is 5.39. The summed E-state index contributed by atoms with van der Waals surface area (Å²) in [6.07, 6.45) is 1.78. The van der Waals surface area contributed by atoms with Gasteiger partial charge in [0, 0.05) is 22.4 Å². The average Bonchev–Trinajstić information content (AvgIpc) is 2.80. The minimum Gasteiger partial charge on any atom is -0.454 e. The fourth-order valence-corrected chi connectivity index (χ4v) is 2.42. The molecular formula is C14H13BrN2O2. The number of aromatic nitrogens is 1. The third-order valence-corrected chi connectivity index (χ3v) is 3.45. The first kappa shape index (κ1) is 12.3. The Hall–Kier alpha value is -1.75. The van der Waals surface area contributed by atoms with Crippen LogP contribution in [-0.2, 0) is 0 Å². The van der Waals surface area contributed by atoms with Gasteiger partial charge in [0.1, 0.15) is 5.82 Å². The number of hydrogen-bond donors (Lipinski definition) is 1. The van der Waals surface area contributed by atoms with Crippen LogP contribution in [0.2, 0.25) is 0 Å². The maximum Gasteiger partial charge on any atom is 0.231 e. The Morgan fingerprint density at radius 2 is 1.84 bits per heavy atom. The summed E-state index contributed by atoms with van der Waals surface area (Å²) in [5.74, 6) is 2.40. The lowest BCUT2D eigenvalue weighted by atomic mass is 10.1. The van der Waals surface area contributed by atoms with Crippen LogP contribution in [0.15, 0.2) is 28.9 Å². The third-order valence-electron chi connectivity index (χ3n) is 3.02. The number of aryl methyl sites for hydroxylation is 2. The minimum atomic E-state index is 0.286. The lowest BCUT2D eigenvalue weighted by Gasteiger charge is -2.12. The predicted octanol–water partition coefficient (Wildman–Crippen LogP) is 3.93. The van der Waals surface area contributed by atoms with Crippen molar-refractivity contribution in [1.82, 2.24) is 4.98 Å². The molecule has 0 saturated carbocycles. The van der Waals surface area contributed by atoms with Crippen molar-refractivity contribution in [3.63, 3.8) is 0 Å². The molecule has 2 heterocycles. The van der Waals surface area contributed by atoms with Crippen molar-refractivity contribution in [1.29, 1.82) is 0 Å². The van der Waals surface area contributed by atoms with E-state index in [1.54, 1.807) is 6.20 Å². The summed E-state index contributed by atoms with van der Waals surface area (Å²) in [5, 5.41) is 3.33. The minimum absolute atomic E-state index is 0.286. The van der Waals surface area contributed by atoms with Crippen molar-refractivity contribution in [3.8, 4) is 11.5 Å². The standard InChI is InChI=1S/C14H13BrN2O2/c1-8-4-12-13(19-7-18-12)5-11(8)17-14-9(2)3-10(15)6-16-14/h3-6H,7H2,1-2H3,(H,16,17). The highest BCUT2D eigenvalue weighted by atomic mass is 79.9. The Morgan fingerprint density at radius 3 is 2.58 bits per heavy atom. The molecule has 1 aliphatic heterocycles. The normalized spacial score (nSPS) is 12.6. The van der Waals surface area contributed by atoms with Crippen LogP contribution in [0.25, 0.3) is 0 Å². The second-order valence-corrected chi connectivity index (χ2v) is 5.38. The molecule has 2 aromatic rings. The van der Waals surface area contributed by atoms with Gasteiger partial charge in [-0.3, -0.25) is 0 Å². The molecule has 0 fully saturated rings. The smallest absolute Gasteiger partial charge is 0.231 e. The summed E-state index contributed by atoms with van der Waals surface area (Å²) in [6, 6.07) is 5.94. The van der Waals surface area contributed by atoms with Gasteiger partial charge < -0.3 is 14.8 Å². The van der Waals surface area contributed by atoms with Gasteiger partial charge >= 0.3 is 0 Å². The SMILES string of the molecule is Cc1cc2c(cc1Nc1ncc(Br)cc1C)OCO2. The molecular weight excluding hydrogens is 308 g/mol. The summed E-state index contributed by atoms with van der Waals surface area (Å²) >= 11 is 3.41. The summed E-state index contributed by atoms with van der Waals surface area (Å²) in [5.41, 5.74) is 3.14. The molecule has 0 atom stereocenters. The monoisotopic (exact) mass is 320 g/mol.